The van der Waals surface area contributed by atoms with Crippen LogP contribution in [0.5, 0.6) is 0 Å². The van der Waals surface area contributed by atoms with Crippen LogP contribution in [0.15, 0.2) is 60.2 Å². The fraction of sp³-hybridized carbons (Fsp3) is 0.111. The molecule has 1 fully saturated rings. The van der Waals surface area contributed by atoms with Crippen molar-refractivity contribution < 1.29 is 4.79 Å². The van der Waals surface area contributed by atoms with Crippen molar-refractivity contribution >= 4 is 40.3 Å². The number of thiocarbonyl (C=S) groups is 1. The summed E-state index contributed by atoms with van der Waals surface area (Å²) in [5.41, 5.74) is 3.21. The highest BCUT2D eigenvalue weighted by atomic mass is 32.2. The summed E-state index contributed by atoms with van der Waals surface area (Å²) < 4.78 is 2.69. The summed E-state index contributed by atoms with van der Waals surface area (Å²) in [5.74, 6) is -0.0509. The number of thioether (sulfide) groups is 1. The van der Waals surface area contributed by atoms with Gasteiger partial charge in [0.15, 0.2) is 0 Å². The molecule has 23 heavy (non-hydrogen) atoms. The van der Waals surface area contributed by atoms with E-state index >= 15 is 0 Å². The van der Waals surface area contributed by atoms with Crippen LogP contribution in [0.1, 0.15) is 11.3 Å². The average Bonchev–Trinajstić information content (AvgIpc) is 3.03. The van der Waals surface area contributed by atoms with E-state index in [0.717, 1.165) is 16.9 Å². The monoisotopic (exact) mass is 340 g/mol. The molecular weight excluding hydrogens is 324 g/mol. The third kappa shape index (κ3) is 3.16. The van der Waals surface area contributed by atoms with E-state index in [1.807, 2.05) is 37.4 Å². The largest absolute Gasteiger partial charge is 0.321 e. The average molecular weight is 340 g/mol. The van der Waals surface area contributed by atoms with Crippen molar-refractivity contribution in [1.82, 2.24) is 9.47 Å². The number of benzene rings is 1. The fourth-order valence-electron chi connectivity index (χ4n) is 2.48. The SMILES string of the molecule is C=CCN1C(=O)/C(=C\c2cc(C)n(-c3ccccc3)c2)SC1=S. The number of para-hydroxylation sites is 1. The molecule has 0 bridgehead atoms. The number of amides is 1. The standard InChI is InChI=1S/C18H16N2OS2/c1-3-9-19-17(21)16(23-18(19)22)11-14-10-13(2)20(12-14)15-7-5-4-6-8-15/h3-8,10-12H,1,9H2,2H3/b16-11+. The van der Waals surface area contributed by atoms with E-state index in [1.165, 1.54) is 11.8 Å². The number of aryl methyl sites for hydroxylation is 1. The van der Waals surface area contributed by atoms with E-state index in [9.17, 15) is 4.79 Å². The molecule has 2 aromatic rings. The zero-order valence-corrected chi connectivity index (χ0v) is 14.4. The molecule has 0 radical (unpaired) electrons. The highest BCUT2D eigenvalue weighted by Crippen LogP contribution is 2.32. The second-order valence-electron chi connectivity index (χ2n) is 5.20. The van der Waals surface area contributed by atoms with Gasteiger partial charge in [-0.1, -0.05) is 48.3 Å². The summed E-state index contributed by atoms with van der Waals surface area (Å²) in [6.07, 6.45) is 5.61. The maximum absolute atomic E-state index is 12.4. The van der Waals surface area contributed by atoms with Gasteiger partial charge in [-0.15, -0.1) is 6.58 Å². The molecule has 0 atom stereocenters. The Labute approximate surface area is 145 Å². The number of aromatic nitrogens is 1. The van der Waals surface area contributed by atoms with Gasteiger partial charge in [-0.05, 0) is 36.8 Å². The lowest BCUT2D eigenvalue weighted by atomic mass is 10.3. The smallest absolute Gasteiger partial charge is 0.266 e. The maximum atomic E-state index is 12.4. The number of nitrogens with zero attached hydrogens (tertiary/aromatic N) is 2. The lowest BCUT2D eigenvalue weighted by molar-refractivity contribution is -0.121. The van der Waals surface area contributed by atoms with E-state index in [0.29, 0.717) is 15.8 Å². The van der Waals surface area contributed by atoms with Crippen LogP contribution in [-0.4, -0.2) is 26.2 Å². The zero-order valence-electron chi connectivity index (χ0n) is 12.7. The summed E-state index contributed by atoms with van der Waals surface area (Å²) >= 11 is 6.60. The number of rotatable bonds is 4. The normalized spacial score (nSPS) is 16.4. The van der Waals surface area contributed by atoms with Gasteiger partial charge < -0.3 is 4.57 Å². The molecular formula is C18H16N2OS2. The minimum atomic E-state index is -0.0509. The minimum Gasteiger partial charge on any atom is -0.321 e. The Kier molecular flexibility index (Phi) is 4.50. The lowest BCUT2D eigenvalue weighted by Crippen LogP contribution is -2.27. The van der Waals surface area contributed by atoms with E-state index in [1.54, 1.807) is 11.0 Å². The van der Waals surface area contributed by atoms with E-state index in [2.05, 4.69) is 29.3 Å². The Bertz CT molecular complexity index is 806. The van der Waals surface area contributed by atoms with Crippen LogP contribution in [0.2, 0.25) is 0 Å². The number of hydrogen-bond acceptors (Lipinski definition) is 3. The Morgan fingerprint density at radius 3 is 2.74 bits per heavy atom. The molecule has 0 saturated carbocycles. The molecule has 1 aromatic carbocycles. The van der Waals surface area contributed by atoms with Crippen LogP contribution in [0.25, 0.3) is 11.8 Å². The van der Waals surface area contributed by atoms with Gasteiger partial charge in [0, 0.05) is 24.1 Å². The molecule has 0 aliphatic carbocycles. The van der Waals surface area contributed by atoms with E-state index < -0.39 is 0 Å². The van der Waals surface area contributed by atoms with E-state index in [-0.39, 0.29) is 5.91 Å². The Morgan fingerprint density at radius 1 is 1.30 bits per heavy atom. The highest BCUT2D eigenvalue weighted by Gasteiger charge is 2.31. The van der Waals surface area contributed by atoms with Crippen molar-refractivity contribution in [2.24, 2.45) is 0 Å². The van der Waals surface area contributed by atoms with Gasteiger partial charge in [0.05, 0.1) is 4.91 Å². The molecule has 0 N–H and O–H groups in total. The first-order chi connectivity index (χ1) is 11.1. The van der Waals surface area contributed by atoms with Crippen LogP contribution in [0.3, 0.4) is 0 Å². The lowest BCUT2D eigenvalue weighted by Gasteiger charge is -2.10. The molecule has 1 aliphatic rings. The molecule has 3 nitrogen and oxygen atoms in total. The van der Waals surface area contributed by atoms with Gasteiger partial charge in [0.2, 0.25) is 0 Å². The van der Waals surface area contributed by atoms with Crippen LogP contribution in [0.4, 0.5) is 0 Å². The van der Waals surface area contributed by atoms with Gasteiger partial charge in [0.1, 0.15) is 4.32 Å². The van der Waals surface area contributed by atoms with Gasteiger partial charge in [-0.2, -0.15) is 0 Å². The summed E-state index contributed by atoms with van der Waals surface area (Å²) in [6, 6.07) is 12.2. The summed E-state index contributed by atoms with van der Waals surface area (Å²) in [7, 11) is 0. The predicted octanol–water partition coefficient (Wildman–Crippen LogP) is 4.17. The van der Waals surface area contributed by atoms with Crippen molar-refractivity contribution in [3.8, 4) is 5.69 Å². The molecule has 0 unspecified atom stereocenters. The second-order valence-corrected chi connectivity index (χ2v) is 6.88. The third-order valence-electron chi connectivity index (χ3n) is 3.55. The minimum absolute atomic E-state index is 0.0509. The van der Waals surface area contributed by atoms with Crippen LogP contribution >= 0.6 is 24.0 Å². The fourth-order valence-corrected chi connectivity index (χ4v) is 3.76. The van der Waals surface area contributed by atoms with Crippen LogP contribution < -0.4 is 0 Å². The third-order valence-corrected chi connectivity index (χ3v) is 4.93. The molecule has 2 heterocycles. The Hall–Kier alpha value is -2.11. The molecule has 116 valence electrons. The number of carbonyl (C=O) groups excluding carboxylic acids is 1. The molecule has 1 aromatic heterocycles. The topological polar surface area (TPSA) is 25.2 Å². The quantitative estimate of drug-likeness (QED) is 0.474. The first-order valence-corrected chi connectivity index (χ1v) is 8.43. The second kappa shape index (κ2) is 6.56. The van der Waals surface area contributed by atoms with Crippen LogP contribution in [-0.2, 0) is 4.79 Å². The highest BCUT2D eigenvalue weighted by molar-refractivity contribution is 8.26. The Morgan fingerprint density at radius 2 is 2.04 bits per heavy atom. The van der Waals surface area contributed by atoms with Crippen molar-refractivity contribution in [2.45, 2.75) is 6.92 Å². The van der Waals surface area contributed by atoms with Gasteiger partial charge in [0.25, 0.3) is 5.91 Å². The molecule has 5 heteroatoms. The van der Waals surface area contributed by atoms with Gasteiger partial charge in [-0.3, -0.25) is 9.69 Å². The summed E-state index contributed by atoms with van der Waals surface area (Å²) in [6.45, 7) is 6.16. The first kappa shape index (κ1) is 15.8. The summed E-state index contributed by atoms with van der Waals surface area (Å²) in [4.78, 5) is 14.6. The van der Waals surface area contributed by atoms with Gasteiger partial charge in [-0.25, -0.2) is 0 Å². The molecule has 3 rings (SSSR count). The van der Waals surface area contributed by atoms with Crippen molar-refractivity contribution in [3.05, 3.63) is 71.4 Å². The molecule has 1 aliphatic heterocycles. The van der Waals surface area contributed by atoms with E-state index in [4.69, 9.17) is 12.2 Å². The van der Waals surface area contributed by atoms with Crippen molar-refractivity contribution in [3.63, 3.8) is 0 Å². The number of hydrogen-bond donors (Lipinski definition) is 0. The summed E-state index contributed by atoms with van der Waals surface area (Å²) in [5, 5.41) is 0. The zero-order chi connectivity index (χ0) is 16.4. The number of carbonyl (C=O) groups is 1. The molecule has 1 saturated heterocycles. The van der Waals surface area contributed by atoms with Crippen molar-refractivity contribution in [2.75, 3.05) is 6.54 Å². The first-order valence-electron chi connectivity index (χ1n) is 7.21. The molecule has 1 amide bonds. The predicted molar refractivity (Wildman–Crippen MR) is 101 cm³/mol. The van der Waals surface area contributed by atoms with Gasteiger partial charge >= 0.3 is 0 Å². The maximum Gasteiger partial charge on any atom is 0.266 e. The van der Waals surface area contributed by atoms with Crippen molar-refractivity contribution in [1.29, 1.82) is 0 Å². The molecule has 0 spiro atoms. The Balaban J connectivity index is 1.91. The van der Waals surface area contributed by atoms with Crippen LogP contribution in [0, 0.1) is 6.92 Å².